The van der Waals surface area contributed by atoms with Crippen molar-refractivity contribution in [2.75, 3.05) is 5.43 Å². The molecule has 5 heteroatoms. The van der Waals surface area contributed by atoms with Gasteiger partial charge in [0.2, 0.25) is 11.4 Å². The zero-order chi connectivity index (χ0) is 23.3. The highest BCUT2D eigenvalue weighted by Crippen LogP contribution is 2.26. The molecule has 0 aliphatic rings. The van der Waals surface area contributed by atoms with Crippen LogP contribution in [0.2, 0.25) is 0 Å². The first-order chi connectivity index (χ1) is 14.9. The molecule has 0 aliphatic carbocycles. The van der Waals surface area contributed by atoms with Crippen LogP contribution in [0.15, 0.2) is 54.6 Å². The summed E-state index contributed by atoms with van der Waals surface area (Å²) in [6.45, 7) is 15.1. The van der Waals surface area contributed by atoms with E-state index in [0.717, 1.165) is 22.4 Å². The third kappa shape index (κ3) is 4.07. The van der Waals surface area contributed by atoms with Crippen molar-refractivity contribution < 1.29 is 9.47 Å². The number of hydrogen-bond acceptors (Lipinski definition) is 3. The first-order valence-corrected chi connectivity index (χ1v) is 11.0. The lowest BCUT2D eigenvalue weighted by Gasteiger charge is -2.23. The molecule has 0 spiro atoms. The van der Waals surface area contributed by atoms with Gasteiger partial charge < -0.3 is 0 Å². The number of benzene rings is 2. The van der Waals surface area contributed by atoms with E-state index in [1.807, 2.05) is 47.1 Å². The molecule has 164 valence electrons. The fourth-order valence-corrected chi connectivity index (χ4v) is 3.94. The third-order valence-electron chi connectivity index (χ3n) is 5.58. The Bertz CT molecular complexity index is 1310. The van der Waals surface area contributed by atoms with Gasteiger partial charge in [-0.2, -0.15) is 0 Å². The molecule has 0 atom stereocenters. The molecule has 1 amide bonds. The molecule has 0 saturated heterocycles. The molecule has 2 aromatic carbocycles. The second kappa shape index (κ2) is 7.66. The van der Waals surface area contributed by atoms with Crippen molar-refractivity contribution >= 4 is 28.0 Å². The number of nitrogens with zero attached hydrogens (tertiary/aromatic N) is 3. The number of nitrogens with one attached hydrogen (secondary N) is 1. The molecule has 4 rings (SSSR count). The SMILES string of the molecule is Cc1cc(C(C)(C)C)[n+](NC(=O)c2cccc3nc4ccccc4nc23)c(C(C)(C)C)c1. The standard InChI is InChI=1S/C27H30N4O/c1-17-15-22(26(2,3)4)31(23(16-17)27(5,6)7)30-25(32)18-11-10-14-21-24(18)29-20-13-9-8-12-19(20)28-21/h8-16H,1-7H3/p+1. The Kier molecular flexibility index (Phi) is 5.24. The summed E-state index contributed by atoms with van der Waals surface area (Å²) in [5.74, 6) is -0.204. The molecule has 32 heavy (non-hydrogen) atoms. The fourth-order valence-electron chi connectivity index (χ4n) is 3.94. The van der Waals surface area contributed by atoms with Crippen LogP contribution in [0.3, 0.4) is 0 Å². The minimum atomic E-state index is -0.204. The molecule has 2 heterocycles. The maximum Gasteiger partial charge on any atom is 0.307 e. The van der Waals surface area contributed by atoms with E-state index < -0.39 is 0 Å². The van der Waals surface area contributed by atoms with Crippen LogP contribution in [-0.4, -0.2) is 15.9 Å². The monoisotopic (exact) mass is 427 g/mol. The number of carbonyl (C=O) groups excluding carboxylic acids is 1. The minimum absolute atomic E-state index is 0.159. The van der Waals surface area contributed by atoms with Crippen molar-refractivity contribution in [2.24, 2.45) is 0 Å². The van der Waals surface area contributed by atoms with Crippen LogP contribution < -0.4 is 10.1 Å². The first-order valence-electron chi connectivity index (χ1n) is 11.0. The predicted octanol–water partition coefficient (Wildman–Crippen LogP) is 5.36. The quantitative estimate of drug-likeness (QED) is 0.346. The van der Waals surface area contributed by atoms with Crippen LogP contribution in [-0.2, 0) is 10.8 Å². The van der Waals surface area contributed by atoms with E-state index in [0.29, 0.717) is 16.6 Å². The number of para-hydroxylation sites is 3. The van der Waals surface area contributed by atoms with Gasteiger partial charge in [-0.05, 0) is 36.8 Å². The molecule has 0 unspecified atom stereocenters. The second-order valence-electron chi connectivity index (χ2n) is 10.5. The van der Waals surface area contributed by atoms with Crippen molar-refractivity contribution in [3.8, 4) is 0 Å². The average Bonchev–Trinajstić information content (AvgIpc) is 2.71. The smallest absolute Gasteiger partial charge is 0.263 e. The molecule has 0 aliphatic heterocycles. The van der Waals surface area contributed by atoms with E-state index >= 15 is 0 Å². The molecule has 0 radical (unpaired) electrons. The largest absolute Gasteiger partial charge is 0.307 e. The molecule has 0 bridgehead atoms. The van der Waals surface area contributed by atoms with Gasteiger partial charge in [-0.1, -0.05) is 64.4 Å². The highest BCUT2D eigenvalue weighted by atomic mass is 16.2. The van der Waals surface area contributed by atoms with Crippen molar-refractivity contribution in [1.29, 1.82) is 0 Å². The van der Waals surface area contributed by atoms with E-state index in [1.165, 1.54) is 5.56 Å². The van der Waals surface area contributed by atoms with E-state index in [-0.39, 0.29) is 16.7 Å². The summed E-state index contributed by atoms with van der Waals surface area (Å²) in [6.07, 6.45) is 0. The van der Waals surface area contributed by atoms with Gasteiger partial charge in [-0.25, -0.2) is 9.97 Å². The van der Waals surface area contributed by atoms with Gasteiger partial charge in [-0.3, -0.25) is 4.79 Å². The zero-order valence-corrected chi connectivity index (χ0v) is 19.9. The average molecular weight is 428 g/mol. The van der Waals surface area contributed by atoms with E-state index in [9.17, 15) is 4.79 Å². The summed E-state index contributed by atoms with van der Waals surface area (Å²) in [5.41, 5.74) is 9.54. The van der Waals surface area contributed by atoms with Gasteiger partial charge in [0.1, 0.15) is 5.52 Å². The summed E-state index contributed by atoms with van der Waals surface area (Å²) >= 11 is 0. The molecular formula is C27H31N4O+. The highest BCUT2D eigenvalue weighted by molar-refractivity contribution is 6.08. The van der Waals surface area contributed by atoms with E-state index in [4.69, 9.17) is 9.97 Å². The lowest BCUT2D eigenvalue weighted by atomic mass is 9.86. The number of aromatic nitrogens is 3. The van der Waals surface area contributed by atoms with Gasteiger partial charge in [0, 0.05) is 23.0 Å². The highest BCUT2D eigenvalue weighted by Gasteiger charge is 2.35. The first kappa shape index (κ1) is 21.9. The van der Waals surface area contributed by atoms with Crippen LogP contribution >= 0.6 is 0 Å². The van der Waals surface area contributed by atoms with Crippen LogP contribution in [0.1, 0.15) is 68.9 Å². The summed E-state index contributed by atoms with van der Waals surface area (Å²) in [7, 11) is 0. The van der Waals surface area contributed by atoms with Crippen molar-refractivity contribution in [3.63, 3.8) is 0 Å². The van der Waals surface area contributed by atoms with E-state index in [1.54, 1.807) is 0 Å². The van der Waals surface area contributed by atoms with Gasteiger partial charge in [-0.15, -0.1) is 5.43 Å². The Morgan fingerprint density at radius 1 is 0.781 bits per heavy atom. The number of pyridine rings is 1. The van der Waals surface area contributed by atoms with Crippen LogP contribution in [0, 0.1) is 6.92 Å². The number of hydrogen-bond donors (Lipinski definition) is 1. The fraction of sp³-hybridized carbons (Fsp3) is 0.333. The van der Waals surface area contributed by atoms with Gasteiger partial charge in [0.15, 0.2) is 0 Å². The van der Waals surface area contributed by atoms with Crippen LogP contribution in [0.4, 0.5) is 0 Å². The normalized spacial score (nSPS) is 12.3. The van der Waals surface area contributed by atoms with Gasteiger partial charge >= 0.3 is 5.91 Å². The van der Waals surface area contributed by atoms with Gasteiger partial charge in [0.25, 0.3) is 0 Å². The Morgan fingerprint density at radius 3 is 1.88 bits per heavy atom. The number of carbonyl (C=O) groups is 1. The molecule has 2 aromatic heterocycles. The maximum absolute atomic E-state index is 13.6. The van der Waals surface area contributed by atoms with Gasteiger partial charge in [0.05, 0.1) is 22.1 Å². The summed E-state index contributed by atoms with van der Waals surface area (Å²) < 4.78 is 1.96. The molecule has 1 N–H and O–H groups in total. The zero-order valence-electron chi connectivity index (χ0n) is 19.9. The Hall–Kier alpha value is -3.34. The molecule has 0 fully saturated rings. The van der Waals surface area contributed by atoms with Crippen molar-refractivity contribution in [3.05, 3.63) is 77.1 Å². The molecule has 0 saturated carbocycles. The Balaban J connectivity index is 1.88. The van der Waals surface area contributed by atoms with Crippen LogP contribution in [0.25, 0.3) is 22.1 Å². The topological polar surface area (TPSA) is 58.8 Å². The van der Waals surface area contributed by atoms with Crippen molar-refractivity contribution in [2.45, 2.75) is 59.3 Å². The number of amides is 1. The van der Waals surface area contributed by atoms with Crippen molar-refractivity contribution in [1.82, 2.24) is 9.97 Å². The third-order valence-corrected chi connectivity index (χ3v) is 5.58. The van der Waals surface area contributed by atoms with Crippen LogP contribution in [0.5, 0.6) is 0 Å². The molecule has 5 nitrogen and oxygen atoms in total. The Labute approximate surface area is 189 Å². The number of aryl methyl sites for hydroxylation is 1. The summed E-state index contributed by atoms with van der Waals surface area (Å²) in [6, 6.07) is 17.6. The predicted molar refractivity (Wildman–Crippen MR) is 130 cm³/mol. The lowest BCUT2D eigenvalue weighted by molar-refractivity contribution is -0.664. The number of fused-ring (bicyclic) bond motifs is 2. The molecular weight excluding hydrogens is 396 g/mol. The summed E-state index contributed by atoms with van der Waals surface area (Å²) in [4.78, 5) is 23.1. The lowest BCUT2D eigenvalue weighted by Crippen LogP contribution is -2.59. The number of rotatable bonds is 2. The minimum Gasteiger partial charge on any atom is -0.263 e. The molecule has 4 aromatic rings. The van der Waals surface area contributed by atoms with E-state index in [2.05, 4.69) is 66.0 Å². The second-order valence-corrected chi connectivity index (χ2v) is 10.5. The maximum atomic E-state index is 13.6. The summed E-state index contributed by atoms with van der Waals surface area (Å²) in [5, 5.41) is 0. The Morgan fingerprint density at radius 2 is 1.31 bits per heavy atom.